The van der Waals surface area contributed by atoms with Gasteiger partial charge in [-0.05, 0) is 25.7 Å². The van der Waals surface area contributed by atoms with Gasteiger partial charge in [-0.25, -0.2) is 0 Å². The summed E-state index contributed by atoms with van der Waals surface area (Å²) in [5.41, 5.74) is 2.61. The van der Waals surface area contributed by atoms with Gasteiger partial charge in [0.1, 0.15) is 0 Å². The van der Waals surface area contributed by atoms with Crippen LogP contribution in [0.5, 0.6) is 0 Å². The number of hydrogen-bond donors (Lipinski definition) is 1. The van der Waals surface area contributed by atoms with Crippen LogP contribution in [0.3, 0.4) is 0 Å². The molecule has 0 fully saturated rings. The number of benzene rings is 1. The molecule has 0 atom stereocenters. The number of methoxy groups -OCH3 is 1. The van der Waals surface area contributed by atoms with E-state index in [4.69, 9.17) is 4.74 Å². The molecular formula is C18H21NO3. The van der Waals surface area contributed by atoms with Crippen molar-refractivity contribution in [3.8, 4) is 0 Å². The first kappa shape index (κ1) is 15.1. The monoisotopic (exact) mass is 299 g/mol. The summed E-state index contributed by atoms with van der Waals surface area (Å²) in [7, 11) is 1.68. The molecule has 2 aliphatic carbocycles. The highest BCUT2D eigenvalue weighted by Gasteiger charge is 2.33. The van der Waals surface area contributed by atoms with Gasteiger partial charge in [0.2, 0.25) is 0 Å². The van der Waals surface area contributed by atoms with Gasteiger partial charge in [-0.3, -0.25) is 9.59 Å². The van der Waals surface area contributed by atoms with Crippen molar-refractivity contribution in [1.82, 2.24) is 5.32 Å². The SMILES string of the molecule is COCCNC1CCC2=C(CC1)C(=O)c1ccccc1C2=O. The minimum atomic E-state index is 0.0442. The summed E-state index contributed by atoms with van der Waals surface area (Å²) in [4.78, 5) is 25.3. The lowest BCUT2D eigenvalue weighted by Gasteiger charge is -2.19. The van der Waals surface area contributed by atoms with E-state index in [0.29, 0.717) is 36.6 Å². The zero-order valence-corrected chi connectivity index (χ0v) is 12.9. The predicted molar refractivity (Wildman–Crippen MR) is 84.3 cm³/mol. The topological polar surface area (TPSA) is 55.4 Å². The highest BCUT2D eigenvalue weighted by molar-refractivity contribution is 6.26. The summed E-state index contributed by atoms with van der Waals surface area (Å²) in [6, 6.07) is 7.50. The van der Waals surface area contributed by atoms with Gasteiger partial charge in [-0.1, -0.05) is 24.3 Å². The molecule has 4 heteroatoms. The molecule has 116 valence electrons. The number of Topliss-reactive ketones (excluding diaryl/α,β-unsaturated/α-hetero) is 2. The molecule has 0 saturated carbocycles. The molecule has 0 spiro atoms. The van der Waals surface area contributed by atoms with Crippen LogP contribution in [0, 0.1) is 0 Å². The van der Waals surface area contributed by atoms with Crippen molar-refractivity contribution in [2.75, 3.05) is 20.3 Å². The average Bonchev–Trinajstić information content (AvgIpc) is 2.76. The number of carbonyl (C=O) groups excluding carboxylic acids is 2. The van der Waals surface area contributed by atoms with Crippen LogP contribution >= 0.6 is 0 Å². The van der Waals surface area contributed by atoms with Crippen molar-refractivity contribution in [1.29, 1.82) is 0 Å². The molecule has 0 radical (unpaired) electrons. The number of nitrogens with one attached hydrogen (secondary N) is 1. The van der Waals surface area contributed by atoms with Gasteiger partial charge in [-0.2, -0.15) is 0 Å². The van der Waals surface area contributed by atoms with E-state index in [1.807, 2.05) is 12.1 Å². The molecule has 0 unspecified atom stereocenters. The molecule has 3 rings (SSSR count). The molecule has 0 amide bonds. The molecule has 0 aliphatic heterocycles. The van der Waals surface area contributed by atoms with E-state index in [0.717, 1.165) is 30.5 Å². The molecule has 0 aromatic heterocycles. The number of carbonyl (C=O) groups is 2. The normalized spacial score (nSPS) is 19.0. The zero-order valence-electron chi connectivity index (χ0n) is 12.9. The predicted octanol–water partition coefficient (Wildman–Crippen LogP) is 2.54. The number of hydrogen-bond acceptors (Lipinski definition) is 4. The maximum Gasteiger partial charge on any atom is 0.190 e. The highest BCUT2D eigenvalue weighted by Crippen LogP contribution is 2.34. The van der Waals surface area contributed by atoms with Crippen molar-refractivity contribution in [2.45, 2.75) is 31.7 Å². The molecule has 1 aromatic rings. The number of fused-ring (bicyclic) bond motifs is 1. The fraction of sp³-hybridized carbons (Fsp3) is 0.444. The Balaban J connectivity index is 1.79. The molecule has 1 aromatic carbocycles. The average molecular weight is 299 g/mol. The van der Waals surface area contributed by atoms with Gasteiger partial charge in [0, 0.05) is 42.0 Å². The summed E-state index contributed by atoms with van der Waals surface area (Å²) in [5, 5.41) is 3.45. The van der Waals surface area contributed by atoms with Gasteiger partial charge in [-0.15, -0.1) is 0 Å². The van der Waals surface area contributed by atoms with Crippen molar-refractivity contribution < 1.29 is 14.3 Å². The maximum atomic E-state index is 12.7. The quantitative estimate of drug-likeness (QED) is 0.868. The van der Waals surface area contributed by atoms with Gasteiger partial charge >= 0.3 is 0 Å². The Kier molecular flexibility index (Phi) is 4.50. The van der Waals surface area contributed by atoms with Gasteiger partial charge in [0.15, 0.2) is 11.6 Å². The third-order valence-electron chi connectivity index (χ3n) is 4.55. The largest absolute Gasteiger partial charge is 0.383 e. The molecule has 22 heavy (non-hydrogen) atoms. The van der Waals surface area contributed by atoms with Gasteiger partial charge in [0.05, 0.1) is 6.61 Å². The Labute approximate surface area is 130 Å². The fourth-order valence-electron chi connectivity index (χ4n) is 3.36. The summed E-state index contributed by atoms with van der Waals surface area (Å²) in [6.45, 7) is 1.47. The third-order valence-corrected chi connectivity index (χ3v) is 4.55. The van der Waals surface area contributed by atoms with E-state index in [1.165, 1.54) is 0 Å². The second kappa shape index (κ2) is 6.55. The van der Waals surface area contributed by atoms with Crippen molar-refractivity contribution in [3.05, 3.63) is 46.5 Å². The number of ketones is 2. The van der Waals surface area contributed by atoms with Crippen molar-refractivity contribution in [2.24, 2.45) is 0 Å². The van der Waals surface area contributed by atoms with E-state index in [-0.39, 0.29) is 11.6 Å². The first-order valence-electron chi connectivity index (χ1n) is 7.85. The van der Waals surface area contributed by atoms with E-state index in [2.05, 4.69) is 5.32 Å². The zero-order chi connectivity index (χ0) is 15.5. The highest BCUT2D eigenvalue weighted by atomic mass is 16.5. The molecule has 0 bridgehead atoms. The first-order valence-corrected chi connectivity index (χ1v) is 7.85. The lowest BCUT2D eigenvalue weighted by atomic mass is 9.82. The molecule has 1 N–H and O–H groups in total. The van der Waals surface area contributed by atoms with Crippen LogP contribution in [0.4, 0.5) is 0 Å². The van der Waals surface area contributed by atoms with Crippen LogP contribution in [-0.2, 0) is 4.74 Å². The summed E-state index contributed by atoms with van der Waals surface area (Å²) < 4.78 is 5.05. The van der Waals surface area contributed by atoms with E-state index in [9.17, 15) is 9.59 Å². The Hall–Kier alpha value is -1.78. The van der Waals surface area contributed by atoms with E-state index >= 15 is 0 Å². The summed E-state index contributed by atoms with van der Waals surface area (Å²) in [5.74, 6) is 0.0884. The number of allylic oxidation sites excluding steroid dienone is 2. The Morgan fingerprint density at radius 2 is 1.59 bits per heavy atom. The van der Waals surface area contributed by atoms with Crippen molar-refractivity contribution in [3.63, 3.8) is 0 Å². The van der Waals surface area contributed by atoms with Crippen molar-refractivity contribution >= 4 is 11.6 Å². The van der Waals surface area contributed by atoms with Gasteiger partial charge in [0.25, 0.3) is 0 Å². The molecule has 4 nitrogen and oxygen atoms in total. The Bertz CT molecular complexity index is 584. The maximum absolute atomic E-state index is 12.7. The van der Waals surface area contributed by atoms with Gasteiger partial charge < -0.3 is 10.1 Å². The Morgan fingerprint density at radius 3 is 2.09 bits per heavy atom. The standard InChI is InChI=1S/C18H21NO3/c1-22-11-10-19-12-6-8-15-16(9-7-12)18(21)14-5-3-2-4-13(14)17(15)20/h2-5,12,19H,6-11H2,1H3. The smallest absolute Gasteiger partial charge is 0.190 e. The Morgan fingerprint density at radius 1 is 1.05 bits per heavy atom. The number of ether oxygens (including phenoxy) is 1. The second-order valence-electron chi connectivity index (χ2n) is 5.88. The second-order valence-corrected chi connectivity index (χ2v) is 5.88. The molecule has 0 saturated heterocycles. The van der Waals surface area contributed by atoms with Crippen LogP contribution in [0.25, 0.3) is 0 Å². The van der Waals surface area contributed by atoms with Crippen LogP contribution in [0.2, 0.25) is 0 Å². The summed E-state index contributed by atoms with van der Waals surface area (Å²) in [6.07, 6.45) is 3.14. The molecular weight excluding hydrogens is 278 g/mol. The first-order chi connectivity index (χ1) is 10.7. The van der Waals surface area contributed by atoms with E-state index in [1.54, 1.807) is 19.2 Å². The van der Waals surface area contributed by atoms with Crippen LogP contribution in [-0.4, -0.2) is 37.9 Å². The third kappa shape index (κ3) is 2.76. The number of rotatable bonds is 4. The molecule has 2 aliphatic rings. The fourth-order valence-corrected chi connectivity index (χ4v) is 3.36. The lowest BCUT2D eigenvalue weighted by molar-refractivity contribution is 0.0970. The van der Waals surface area contributed by atoms with E-state index < -0.39 is 0 Å². The summed E-state index contributed by atoms with van der Waals surface area (Å²) >= 11 is 0. The van der Waals surface area contributed by atoms with Crippen LogP contribution < -0.4 is 5.32 Å². The lowest BCUT2D eigenvalue weighted by Crippen LogP contribution is -2.31. The molecule has 0 heterocycles. The van der Waals surface area contributed by atoms with Crippen LogP contribution in [0.15, 0.2) is 35.4 Å². The minimum absolute atomic E-state index is 0.0442. The minimum Gasteiger partial charge on any atom is -0.383 e. The van der Waals surface area contributed by atoms with Crippen LogP contribution in [0.1, 0.15) is 46.4 Å².